The van der Waals surface area contributed by atoms with Gasteiger partial charge in [-0.25, -0.2) is 0 Å². The van der Waals surface area contributed by atoms with Crippen LogP contribution in [0.4, 0.5) is 5.69 Å². The van der Waals surface area contributed by atoms with Crippen molar-refractivity contribution in [1.29, 1.82) is 0 Å². The van der Waals surface area contributed by atoms with Gasteiger partial charge in [-0.1, -0.05) is 47.8 Å². The van der Waals surface area contributed by atoms with Gasteiger partial charge in [0.15, 0.2) is 5.75 Å². The van der Waals surface area contributed by atoms with E-state index >= 15 is 0 Å². The van der Waals surface area contributed by atoms with Crippen LogP contribution in [0, 0.1) is 6.92 Å². The first-order chi connectivity index (χ1) is 10.3. The number of hydrogen-bond acceptors (Lipinski definition) is 4. The van der Waals surface area contributed by atoms with Crippen molar-refractivity contribution in [3.05, 3.63) is 51.5 Å². The summed E-state index contributed by atoms with van der Waals surface area (Å²) in [6, 6.07) is 7.73. The topological polar surface area (TPSA) is 69.4 Å². The standard InChI is InChI=1S/C15H15Cl2NO3S/c1-3-11-12(16)8-13(18)15(14(11)17)21-22(19,20)10-6-4-9(2)5-7-10/h4-8H,3,18H2,1-2H3. The maximum atomic E-state index is 12.3. The van der Waals surface area contributed by atoms with Crippen molar-refractivity contribution in [2.24, 2.45) is 0 Å². The van der Waals surface area contributed by atoms with E-state index in [1.54, 1.807) is 12.1 Å². The minimum absolute atomic E-state index is 0.0292. The number of benzene rings is 2. The molecule has 0 saturated heterocycles. The largest absolute Gasteiger partial charge is 0.396 e. The van der Waals surface area contributed by atoms with Gasteiger partial charge in [0.2, 0.25) is 0 Å². The summed E-state index contributed by atoms with van der Waals surface area (Å²) in [6.45, 7) is 3.71. The van der Waals surface area contributed by atoms with Gasteiger partial charge in [0.1, 0.15) is 4.90 Å². The lowest BCUT2D eigenvalue weighted by Crippen LogP contribution is -2.12. The fourth-order valence-electron chi connectivity index (χ4n) is 1.93. The van der Waals surface area contributed by atoms with Gasteiger partial charge >= 0.3 is 10.1 Å². The molecule has 0 spiro atoms. The summed E-state index contributed by atoms with van der Waals surface area (Å²) in [6.07, 6.45) is 0.527. The molecular formula is C15H15Cl2NO3S. The van der Waals surface area contributed by atoms with E-state index in [1.807, 2.05) is 13.8 Å². The first kappa shape index (κ1) is 16.9. The lowest BCUT2D eigenvalue weighted by Gasteiger charge is -2.14. The third-order valence-corrected chi connectivity index (χ3v) is 5.13. The van der Waals surface area contributed by atoms with Crippen LogP contribution in [0.25, 0.3) is 0 Å². The fraction of sp³-hybridized carbons (Fsp3) is 0.200. The van der Waals surface area contributed by atoms with Crippen molar-refractivity contribution in [2.75, 3.05) is 5.73 Å². The first-order valence-corrected chi connectivity index (χ1v) is 8.70. The molecule has 0 aliphatic rings. The molecule has 4 nitrogen and oxygen atoms in total. The van der Waals surface area contributed by atoms with E-state index < -0.39 is 10.1 Å². The molecule has 22 heavy (non-hydrogen) atoms. The van der Waals surface area contributed by atoms with Gasteiger partial charge in [0.25, 0.3) is 0 Å². The minimum Gasteiger partial charge on any atom is -0.396 e. The molecule has 2 rings (SSSR count). The molecule has 2 aromatic rings. The molecule has 0 aromatic heterocycles. The summed E-state index contributed by atoms with van der Waals surface area (Å²) in [5, 5.41) is 0.494. The highest BCUT2D eigenvalue weighted by Gasteiger charge is 2.22. The highest BCUT2D eigenvalue weighted by Crippen LogP contribution is 2.40. The fourth-order valence-corrected chi connectivity index (χ4v) is 3.72. The molecule has 7 heteroatoms. The second kappa shape index (κ2) is 6.36. The Bertz CT molecular complexity index is 803. The minimum atomic E-state index is -4.02. The SMILES string of the molecule is CCc1c(Cl)cc(N)c(OS(=O)(=O)c2ccc(C)cc2)c1Cl. The molecule has 2 N–H and O–H groups in total. The monoisotopic (exact) mass is 359 g/mol. The Morgan fingerprint density at radius 3 is 2.32 bits per heavy atom. The van der Waals surface area contributed by atoms with E-state index in [0.717, 1.165) is 5.56 Å². The lowest BCUT2D eigenvalue weighted by atomic mass is 10.1. The molecule has 118 valence electrons. The molecule has 0 aliphatic heterocycles. The Balaban J connectivity index is 2.48. The summed E-state index contributed by atoms with van der Waals surface area (Å²) in [5.74, 6) is -0.0940. The van der Waals surface area contributed by atoms with Crippen molar-refractivity contribution >= 4 is 39.0 Å². The van der Waals surface area contributed by atoms with Crippen LogP contribution >= 0.6 is 23.2 Å². The summed E-state index contributed by atoms with van der Waals surface area (Å²) >= 11 is 12.2. The highest BCUT2D eigenvalue weighted by atomic mass is 35.5. The van der Waals surface area contributed by atoms with Gasteiger partial charge in [-0.3, -0.25) is 0 Å². The van der Waals surface area contributed by atoms with Crippen LogP contribution < -0.4 is 9.92 Å². The Morgan fingerprint density at radius 2 is 1.77 bits per heavy atom. The number of aryl methyl sites for hydroxylation is 1. The molecule has 0 radical (unpaired) electrons. The molecule has 0 saturated carbocycles. The Morgan fingerprint density at radius 1 is 1.18 bits per heavy atom. The van der Waals surface area contributed by atoms with Gasteiger partial charge in [-0.2, -0.15) is 8.42 Å². The summed E-state index contributed by atoms with van der Waals surface area (Å²) in [7, 11) is -4.02. The maximum Gasteiger partial charge on any atom is 0.339 e. The normalized spacial score (nSPS) is 11.5. The molecular weight excluding hydrogens is 345 g/mol. The summed E-state index contributed by atoms with van der Waals surface area (Å²) in [4.78, 5) is 0.0292. The van der Waals surface area contributed by atoms with Crippen LogP contribution in [0.1, 0.15) is 18.1 Å². The van der Waals surface area contributed by atoms with E-state index in [-0.39, 0.29) is 21.4 Å². The van der Waals surface area contributed by atoms with E-state index in [4.69, 9.17) is 33.1 Å². The Hall–Kier alpha value is -1.43. The van der Waals surface area contributed by atoms with Crippen molar-refractivity contribution in [3.63, 3.8) is 0 Å². The van der Waals surface area contributed by atoms with Crippen molar-refractivity contribution in [3.8, 4) is 5.75 Å². The quantitative estimate of drug-likeness (QED) is 0.655. The zero-order chi connectivity index (χ0) is 16.5. The number of nitrogen functional groups attached to an aromatic ring is 1. The predicted octanol–water partition coefficient (Wildman–Crippen LogP) is 4.21. The van der Waals surface area contributed by atoms with E-state index in [0.29, 0.717) is 17.0 Å². The molecule has 0 heterocycles. The van der Waals surface area contributed by atoms with Crippen LogP contribution in [0.5, 0.6) is 5.75 Å². The van der Waals surface area contributed by atoms with Gasteiger partial charge in [-0.05, 0) is 37.1 Å². The molecule has 0 bridgehead atoms. The van der Waals surface area contributed by atoms with Crippen LogP contribution in [-0.4, -0.2) is 8.42 Å². The average Bonchev–Trinajstić information content (AvgIpc) is 2.44. The first-order valence-electron chi connectivity index (χ1n) is 6.53. The Labute approximate surface area is 139 Å². The average molecular weight is 360 g/mol. The van der Waals surface area contributed by atoms with Crippen molar-refractivity contribution in [2.45, 2.75) is 25.2 Å². The van der Waals surface area contributed by atoms with Crippen molar-refractivity contribution < 1.29 is 12.6 Å². The van der Waals surface area contributed by atoms with Gasteiger partial charge in [0.05, 0.1) is 10.7 Å². The number of hydrogen-bond donors (Lipinski definition) is 1. The highest BCUT2D eigenvalue weighted by molar-refractivity contribution is 7.87. The summed E-state index contributed by atoms with van der Waals surface area (Å²) in [5.41, 5.74) is 7.40. The zero-order valence-corrected chi connectivity index (χ0v) is 14.4. The third-order valence-electron chi connectivity index (χ3n) is 3.15. The smallest absolute Gasteiger partial charge is 0.339 e. The number of rotatable bonds is 4. The Kier molecular flexibility index (Phi) is 4.90. The van der Waals surface area contributed by atoms with E-state index in [1.165, 1.54) is 18.2 Å². The molecule has 2 aromatic carbocycles. The lowest BCUT2D eigenvalue weighted by molar-refractivity contribution is 0.487. The van der Waals surface area contributed by atoms with Gasteiger partial charge in [-0.15, -0.1) is 0 Å². The molecule has 0 amide bonds. The second-order valence-corrected chi connectivity index (χ2v) is 7.10. The molecule has 0 atom stereocenters. The predicted molar refractivity (Wildman–Crippen MR) is 89.2 cm³/mol. The van der Waals surface area contributed by atoms with E-state index in [2.05, 4.69) is 0 Å². The molecule has 0 aliphatic carbocycles. The van der Waals surface area contributed by atoms with Crippen LogP contribution in [0.15, 0.2) is 35.2 Å². The second-order valence-electron chi connectivity index (χ2n) is 4.77. The van der Waals surface area contributed by atoms with Gasteiger partial charge < -0.3 is 9.92 Å². The zero-order valence-electron chi connectivity index (χ0n) is 12.1. The number of nitrogens with two attached hydrogens (primary N) is 1. The number of halogens is 2. The van der Waals surface area contributed by atoms with E-state index in [9.17, 15) is 8.42 Å². The maximum absolute atomic E-state index is 12.3. The molecule has 0 fully saturated rings. The van der Waals surface area contributed by atoms with Gasteiger partial charge in [0, 0.05) is 5.02 Å². The number of anilines is 1. The van der Waals surface area contributed by atoms with Crippen LogP contribution in [-0.2, 0) is 16.5 Å². The van der Waals surface area contributed by atoms with Crippen LogP contribution in [0.2, 0.25) is 10.0 Å². The molecule has 0 unspecified atom stereocenters. The van der Waals surface area contributed by atoms with Crippen molar-refractivity contribution in [1.82, 2.24) is 0 Å². The third kappa shape index (κ3) is 3.32. The van der Waals surface area contributed by atoms with Crippen LogP contribution in [0.3, 0.4) is 0 Å². The summed E-state index contributed by atoms with van der Waals surface area (Å²) < 4.78 is 29.8.